The minimum atomic E-state index is 0.0843. The molecule has 1 aromatic rings. The SMILES string of the molecule is O=C1CN(Cc2cc(Br)c3c(c2)OCO3)CCN1. The van der Waals surface area contributed by atoms with Crippen LogP contribution in [0, 0.1) is 0 Å². The van der Waals surface area contributed by atoms with E-state index in [4.69, 9.17) is 9.47 Å². The second-order valence-corrected chi connectivity index (χ2v) is 5.23. The van der Waals surface area contributed by atoms with Gasteiger partial charge in [-0.2, -0.15) is 0 Å². The second-order valence-electron chi connectivity index (χ2n) is 4.37. The third-order valence-electron chi connectivity index (χ3n) is 3.01. The standard InChI is InChI=1S/C12H13BrN2O3/c13-9-3-8(4-10-12(9)18-7-17-10)5-15-2-1-14-11(16)6-15/h3-4H,1-2,5-7H2,(H,14,16). The molecule has 1 amide bonds. The lowest BCUT2D eigenvalue weighted by molar-refractivity contribution is -0.124. The molecule has 96 valence electrons. The summed E-state index contributed by atoms with van der Waals surface area (Å²) in [7, 11) is 0. The van der Waals surface area contributed by atoms with E-state index < -0.39 is 0 Å². The summed E-state index contributed by atoms with van der Waals surface area (Å²) < 4.78 is 11.6. The Kier molecular flexibility index (Phi) is 3.13. The lowest BCUT2D eigenvalue weighted by Crippen LogP contribution is -2.47. The third-order valence-corrected chi connectivity index (χ3v) is 3.60. The van der Waals surface area contributed by atoms with Gasteiger partial charge in [0, 0.05) is 19.6 Å². The van der Waals surface area contributed by atoms with Gasteiger partial charge in [-0.3, -0.25) is 9.69 Å². The van der Waals surface area contributed by atoms with Crippen LogP contribution in [0.15, 0.2) is 16.6 Å². The molecule has 1 aromatic carbocycles. The van der Waals surface area contributed by atoms with Crippen LogP contribution in [0.25, 0.3) is 0 Å². The highest BCUT2D eigenvalue weighted by atomic mass is 79.9. The van der Waals surface area contributed by atoms with Crippen molar-refractivity contribution in [3.8, 4) is 11.5 Å². The van der Waals surface area contributed by atoms with Gasteiger partial charge >= 0.3 is 0 Å². The number of hydrogen-bond donors (Lipinski definition) is 1. The van der Waals surface area contributed by atoms with E-state index in [0.717, 1.165) is 34.6 Å². The first-order valence-corrected chi connectivity index (χ1v) is 6.59. The monoisotopic (exact) mass is 312 g/mol. The van der Waals surface area contributed by atoms with Crippen molar-refractivity contribution in [2.75, 3.05) is 26.4 Å². The van der Waals surface area contributed by atoms with Crippen LogP contribution in [0.4, 0.5) is 0 Å². The molecule has 2 aliphatic rings. The Labute approximate surface area is 113 Å². The van der Waals surface area contributed by atoms with E-state index in [1.165, 1.54) is 0 Å². The van der Waals surface area contributed by atoms with Crippen molar-refractivity contribution in [2.45, 2.75) is 6.54 Å². The molecule has 6 heteroatoms. The van der Waals surface area contributed by atoms with Crippen LogP contribution in [0.2, 0.25) is 0 Å². The average Bonchev–Trinajstić information content (AvgIpc) is 2.77. The number of nitrogens with one attached hydrogen (secondary N) is 1. The highest BCUT2D eigenvalue weighted by Gasteiger charge is 2.20. The Morgan fingerprint density at radius 2 is 2.28 bits per heavy atom. The number of fused-ring (bicyclic) bond motifs is 1. The summed E-state index contributed by atoms with van der Waals surface area (Å²) in [6.45, 7) is 3.04. The molecule has 0 unspecified atom stereocenters. The first kappa shape index (κ1) is 11.8. The lowest BCUT2D eigenvalue weighted by Gasteiger charge is -2.26. The number of amides is 1. The van der Waals surface area contributed by atoms with Crippen LogP contribution in [-0.2, 0) is 11.3 Å². The van der Waals surface area contributed by atoms with Crippen LogP contribution in [-0.4, -0.2) is 37.2 Å². The van der Waals surface area contributed by atoms with Crippen molar-refractivity contribution in [1.29, 1.82) is 0 Å². The van der Waals surface area contributed by atoms with Crippen molar-refractivity contribution in [3.05, 3.63) is 22.2 Å². The molecule has 2 heterocycles. The first-order valence-electron chi connectivity index (χ1n) is 5.79. The molecule has 0 bridgehead atoms. The minimum Gasteiger partial charge on any atom is -0.454 e. The van der Waals surface area contributed by atoms with Crippen molar-refractivity contribution in [2.24, 2.45) is 0 Å². The number of carbonyl (C=O) groups excluding carboxylic acids is 1. The molecule has 18 heavy (non-hydrogen) atoms. The molecule has 0 spiro atoms. The number of piperazine rings is 1. The molecule has 0 radical (unpaired) electrons. The molecule has 2 aliphatic heterocycles. The Balaban J connectivity index is 1.77. The fraction of sp³-hybridized carbons (Fsp3) is 0.417. The van der Waals surface area contributed by atoms with Gasteiger partial charge in [-0.05, 0) is 33.6 Å². The normalized spacial score (nSPS) is 18.8. The zero-order chi connectivity index (χ0) is 12.5. The molecule has 1 N–H and O–H groups in total. The van der Waals surface area contributed by atoms with E-state index in [1.54, 1.807) is 0 Å². The summed E-state index contributed by atoms with van der Waals surface area (Å²) in [5.41, 5.74) is 1.11. The Bertz CT molecular complexity index is 492. The van der Waals surface area contributed by atoms with Gasteiger partial charge in [0.15, 0.2) is 11.5 Å². The van der Waals surface area contributed by atoms with Crippen molar-refractivity contribution < 1.29 is 14.3 Å². The van der Waals surface area contributed by atoms with Crippen LogP contribution in [0.1, 0.15) is 5.56 Å². The van der Waals surface area contributed by atoms with Crippen LogP contribution < -0.4 is 14.8 Å². The van der Waals surface area contributed by atoms with Gasteiger partial charge in [0.25, 0.3) is 0 Å². The molecule has 0 atom stereocenters. The van der Waals surface area contributed by atoms with Crippen LogP contribution in [0.3, 0.4) is 0 Å². The minimum absolute atomic E-state index is 0.0843. The molecule has 5 nitrogen and oxygen atoms in total. The number of benzene rings is 1. The smallest absolute Gasteiger partial charge is 0.234 e. The van der Waals surface area contributed by atoms with Gasteiger partial charge < -0.3 is 14.8 Å². The number of carbonyl (C=O) groups is 1. The van der Waals surface area contributed by atoms with Crippen LogP contribution in [0.5, 0.6) is 11.5 Å². The molecular formula is C12H13BrN2O3. The van der Waals surface area contributed by atoms with E-state index in [0.29, 0.717) is 13.1 Å². The van der Waals surface area contributed by atoms with Crippen LogP contribution >= 0.6 is 15.9 Å². The fourth-order valence-corrected chi connectivity index (χ4v) is 2.80. The molecule has 0 saturated carbocycles. The summed E-state index contributed by atoms with van der Waals surface area (Å²) in [4.78, 5) is 13.4. The summed E-state index contributed by atoms with van der Waals surface area (Å²) >= 11 is 3.47. The fourth-order valence-electron chi connectivity index (χ4n) is 2.20. The van der Waals surface area contributed by atoms with E-state index in [9.17, 15) is 4.79 Å². The second kappa shape index (κ2) is 4.78. The molecular weight excluding hydrogens is 300 g/mol. The molecule has 0 aromatic heterocycles. The van der Waals surface area contributed by atoms with E-state index in [1.807, 2.05) is 12.1 Å². The highest BCUT2D eigenvalue weighted by Crippen LogP contribution is 2.40. The van der Waals surface area contributed by atoms with Crippen molar-refractivity contribution in [3.63, 3.8) is 0 Å². The zero-order valence-electron chi connectivity index (χ0n) is 9.74. The number of halogens is 1. The quantitative estimate of drug-likeness (QED) is 0.889. The molecule has 1 saturated heterocycles. The predicted octanol–water partition coefficient (Wildman–Crippen LogP) is 1.11. The number of ether oxygens (including phenoxy) is 2. The van der Waals surface area contributed by atoms with E-state index in [2.05, 4.69) is 26.1 Å². The number of rotatable bonds is 2. The summed E-state index contributed by atoms with van der Waals surface area (Å²) in [6.07, 6.45) is 0. The maximum absolute atomic E-state index is 11.3. The van der Waals surface area contributed by atoms with Crippen molar-refractivity contribution in [1.82, 2.24) is 10.2 Å². The lowest BCUT2D eigenvalue weighted by atomic mass is 10.2. The molecule has 3 rings (SSSR count). The van der Waals surface area contributed by atoms with E-state index in [-0.39, 0.29) is 12.7 Å². The Morgan fingerprint density at radius 1 is 1.39 bits per heavy atom. The largest absolute Gasteiger partial charge is 0.454 e. The summed E-state index contributed by atoms with van der Waals surface area (Å²) in [5, 5.41) is 2.82. The summed E-state index contributed by atoms with van der Waals surface area (Å²) in [6, 6.07) is 3.99. The third kappa shape index (κ3) is 2.30. The van der Waals surface area contributed by atoms with Gasteiger partial charge in [0.05, 0.1) is 11.0 Å². The first-order chi connectivity index (χ1) is 8.72. The Hall–Kier alpha value is -1.27. The maximum Gasteiger partial charge on any atom is 0.234 e. The van der Waals surface area contributed by atoms with Gasteiger partial charge in [-0.25, -0.2) is 0 Å². The average molecular weight is 313 g/mol. The van der Waals surface area contributed by atoms with Gasteiger partial charge in [0.2, 0.25) is 12.7 Å². The number of hydrogen-bond acceptors (Lipinski definition) is 4. The van der Waals surface area contributed by atoms with Gasteiger partial charge in [-0.1, -0.05) is 0 Å². The predicted molar refractivity (Wildman–Crippen MR) is 68.6 cm³/mol. The van der Waals surface area contributed by atoms with Crippen molar-refractivity contribution >= 4 is 21.8 Å². The molecule has 0 aliphatic carbocycles. The topological polar surface area (TPSA) is 50.8 Å². The number of nitrogens with zero attached hydrogens (tertiary/aromatic N) is 1. The van der Waals surface area contributed by atoms with Gasteiger partial charge in [0.1, 0.15) is 0 Å². The zero-order valence-corrected chi connectivity index (χ0v) is 11.3. The molecule has 1 fully saturated rings. The van der Waals surface area contributed by atoms with Gasteiger partial charge in [-0.15, -0.1) is 0 Å². The highest BCUT2D eigenvalue weighted by molar-refractivity contribution is 9.10. The Morgan fingerprint density at radius 3 is 3.11 bits per heavy atom. The van der Waals surface area contributed by atoms with E-state index >= 15 is 0 Å². The maximum atomic E-state index is 11.3. The summed E-state index contributed by atoms with van der Waals surface area (Å²) in [5.74, 6) is 1.61.